The lowest BCUT2D eigenvalue weighted by molar-refractivity contribution is -0.127. The summed E-state index contributed by atoms with van der Waals surface area (Å²) in [7, 11) is 1.68. The van der Waals surface area contributed by atoms with Gasteiger partial charge in [-0.3, -0.25) is 14.5 Å². The molecular formula is C20H18N4O2S2. The van der Waals surface area contributed by atoms with E-state index in [2.05, 4.69) is 15.3 Å². The first kappa shape index (κ1) is 18.6. The molecule has 142 valence electrons. The third kappa shape index (κ3) is 3.93. The Morgan fingerprint density at radius 3 is 2.71 bits per heavy atom. The summed E-state index contributed by atoms with van der Waals surface area (Å²) in [4.78, 5) is 35.4. The van der Waals surface area contributed by atoms with Crippen LogP contribution in [0.2, 0.25) is 0 Å². The van der Waals surface area contributed by atoms with E-state index in [4.69, 9.17) is 0 Å². The fourth-order valence-corrected chi connectivity index (χ4v) is 4.84. The molecule has 6 nitrogen and oxygen atoms in total. The van der Waals surface area contributed by atoms with Crippen LogP contribution in [-0.4, -0.2) is 39.2 Å². The number of aromatic nitrogens is 1. The first-order valence-corrected chi connectivity index (χ1v) is 10.4. The van der Waals surface area contributed by atoms with Crippen LogP contribution < -0.4 is 5.32 Å². The van der Waals surface area contributed by atoms with Crippen LogP contribution in [0.15, 0.2) is 53.5 Å². The number of anilines is 1. The zero-order chi connectivity index (χ0) is 19.7. The Hall–Kier alpha value is -2.71. The molecule has 1 aliphatic rings. The number of nitrogens with one attached hydrogen (secondary N) is 1. The van der Waals surface area contributed by atoms with Crippen molar-refractivity contribution in [2.45, 2.75) is 18.6 Å². The molecule has 1 atom stereocenters. The van der Waals surface area contributed by atoms with Crippen LogP contribution in [0, 0.1) is 6.92 Å². The summed E-state index contributed by atoms with van der Waals surface area (Å²) in [6, 6.07) is 15.4. The summed E-state index contributed by atoms with van der Waals surface area (Å²) in [5, 5.41) is 3.53. The summed E-state index contributed by atoms with van der Waals surface area (Å²) in [5.74, 6) is -0.312. The summed E-state index contributed by atoms with van der Waals surface area (Å²) < 4.78 is 1.05. The highest BCUT2D eigenvalue weighted by atomic mass is 32.2. The Labute approximate surface area is 170 Å². The summed E-state index contributed by atoms with van der Waals surface area (Å²) in [6.07, 6.45) is 0.0978. The van der Waals surface area contributed by atoms with E-state index in [1.54, 1.807) is 7.05 Å². The minimum absolute atomic E-state index is 0.0978. The van der Waals surface area contributed by atoms with Crippen LogP contribution in [0.4, 0.5) is 10.8 Å². The number of carbonyl (C=O) groups excluding carboxylic acids is 2. The number of aliphatic imine (C=N–C) groups is 1. The topological polar surface area (TPSA) is 74.7 Å². The van der Waals surface area contributed by atoms with Crippen LogP contribution in [0.3, 0.4) is 0 Å². The van der Waals surface area contributed by atoms with E-state index in [0.717, 1.165) is 21.5 Å². The second-order valence-corrected chi connectivity index (χ2v) is 8.66. The number of thioether (sulfide) groups is 1. The molecule has 0 radical (unpaired) electrons. The molecule has 4 rings (SSSR count). The standard InChI is InChI=1S/C20H18N4O2S2/c1-12-7-9-13(10-8-12)21-17(25)11-16-18(26)24(2)20(28-16)23-19-22-14-5-3-4-6-15(14)27-19/h3-10,16H,11H2,1-2H3,(H,21,25)/b23-20+. The molecule has 0 aliphatic carbocycles. The molecule has 0 bridgehead atoms. The number of nitrogens with zero attached hydrogens (tertiary/aromatic N) is 3. The monoisotopic (exact) mass is 410 g/mol. The third-order valence-corrected chi connectivity index (χ3v) is 6.48. The van der Waals surface area contributed by atoms with Gasteiger partial charge >= 0.3 is 0 Å². The molecule has 3 aromatic rings. The summed E-state index contributed by atoms with van der Waals surface area (Å²) >= 11 is 2.78. The Morgan fingerprint density at radius 2 is 1.96 bits per heavy atom. The largest absolute Gasteiger partial charge is 0.326 e. The molecule has 1 aliphatic heterocycles. The van der Waals surface area contributed by atoms with Crippen molar-refractivity contribution in [3.63, 3.8) is 0 Å². The normalized spacial score (nSPS) is 18.2. The van der Waals surface area contributed by atoms with Crippen molar-refractivity contribution in [2.75, 3.05) is 12.4 Å². The number of amides is 2. The van der Waals surface area contributed by atoms with Gasteiger partial charge in [0.2, 0.25) is 16.9 Å². The molecule has 0 saturated carbocycles. The number of aryl methyl sites for hydroxylation is 1. The average molecular weight is 411 g/mol. The van der Waals surface area contributed by atoms with E-state index in [1.165, 1.54) is 28.0 Å². The second kappa shape index (κ2) is 7.73. The van der Waals surface area contributed by atoms with Crippen molar-refractivity contribution in [2.24, 2.45) is 4.99 Å². The molecule has 1 unspecified atom stereocenters. The van der Waals surface area contributed by atoms with Gasteiger partial charge in [-0.25, -0.2) is 4.98 Å². The quantitative estimate of drug-likeness (QED) is 0.700. The van der Waals surface area contributed by atoms with Crippen molar-refractivity contribution in [3.05, 3.63) is 54.1 Å². The van der Waals surface area contributed by atoms with Crippen LogP contribution in [0.5, 0.6) is 0 Å². The maximum Gasteiger partial charge on any atom is 0.242 e. The molecule has 0 spiro atoms. The number of hydrogen-bond donors (Lipinski definition) is 1. The Balaban J connectivity index is 1.45. The SMILES string of the molecule is Cc1ccc(NC(=O)CC2S/C(=N/c3nc4ccccc4s3)N(C)C2=O)cc1. The summed E-state index contributed by atoms with van der Waals surface area (Å²) in [5.41, 5.74) is 2.73. The van der Waals surface area contributed by atoms with Gasteiger partial charge in [0.15, 0.2) is 5.17 Å². The van der Waals surface area contributed by atoms with Crippen molar-refractivity contribution < 1.29 is 9.59 Å². The van der Waals surface area contributed by atoms with Gasteiger partial charge in [-0.15, -0.1) is 0 Å². The number of amidine groups is 1. The predicted molar refractivity (Wildman–Crippen MR) is 115 cm³/mol. The Bertz CT molecular complexity index is 1040. The van der Waals surface area contributed by atoms with Crippen molar-refractivity contribution in [1.82, 2.24) is 9.88 Å². The van der Waals surface area contributed by atoms with Crippen molar-refractivity contribution in [1.29, 1.82) is 0 Å². The van der Waals surface area contributed by atoms with E-state index in [0.29, 0.717) is 10.3 Å². The number of thiazole rings is 1. The maximum absolute atomic E-state index is 12.5. The van der Waals surface area contributed by atoms with Gasteiger partial charge in [-0.2, -0.15) is 4.99 Å². The van der Waals surface area contributed by atoms with E-state index in [-0.39, 0.29) is 18.2 Å². The first-order chi connectivity index (χ1) is 13.5. The molecule has 28 heavy (non-hydrogen) atoms. The molecule has 1 N–H and O–H groups in total. The molecule has 1 saturated heterocycles. The van der Waals surface area contributed by atoms with Gasteiger partial charge in [0.05, 0.1) is 10.2 Å². The van der Waals surface area contributed by atoms with Crippen LogP contribution in [0.1, 0.15) is 12.0 Å². The lowest BCUT2D eigenvalue weighted by Crippen LogP contribution is -2.30. The molecule has 2 aromatic carbocycles. The molecular weight excluding hydrogens is 392 g/mol. The summed E-state index contributed by atoms with van der Waals surface area (Å²) in [6.45, 7) is 1.99. The highest BCUT2D eigenvalue weighted by Crippen LogP contribution is 2.33. The Kier molecular flexibility index (Phi) is 5.15. The Morgan fingerprint density at radius 1 is 1.21 bits per heavy atom. The average Bonchev–Trinajstić information content (AvgIpc) is 3.20. The first-order valence-electron chi connectivity index (χ1n) is 8.74. The number of para-hydroxylation sites is 1. The van der Waals surface area contributed by atoms with Gasteiger partial charge in [-0.1, -0.05) is 52.9 Å². The minimum Gasteiger partial charge on any atom is -0.326 e. The van der Waals surface area contributed by atoms with Crippen LogP contribution >= 0.6 is 23.1 Å². The van der Waals surface area contributed by atoms with Gasteiger partial charge < -0.3 is 5.32 Å². The fourth-order valence-electron chi connectivity index (χ4n) is 2.80. The zero-order valence-electron chi connectivity index (χ0n) is 15.4. The van der Waals surface area contributed by atoms with Crippen molar-refractivity contribution in [3.8, 4) is 0 Å². The molecule has 2 amide bonds. The fraction of sp³-hybridized carbons (Fsp3) is 0.200. The smallest absolute Gasteiger partial charge is 0.242 e. The number of hydrogen-bond acceptors (Lipinski definition) is 6. The zero-order valence-corrected chi connectivity index (χ0v) is 17.0. The number of fused-ring (bicyclic) bond motifs is 1. The third-order valence-electron chi connectivity index (χ3n) is 4.32. The van der Waals surface area contributed by atoms with E-state index >= 15 is 0 Å². The van der Waals surface area contributed by atoms with Crippen molar-refractivity contribution >= 4 is 61.1 Å². The highest BCUT2D eigenvalue weighted by Gasteiger charge is 2.37. The lowest BCUT2D eigenvalue weighted by atomic mass is 10.2. The maximum atomic E-state index is 12.5. The predicted octanol–water partition coefficient (Wildman–Crippen LogP) is 4.19. The van der Waals surface area contributed by atoms with Gasteiger partial charge in [0, 0.05) is 19.2 Å². The van der Waals surface area contributed by atoms with Gasteiger partial charge in [0.1, 0.15) is 5.25 Å². The number of benzene rings is 2. The lowest BCUT2D eigenvalue weighted by Gasteiger charge is -2.09. The molecule has 1 aromatic heterocycles. The number of rotatable bonds is 4. The van der Waals surface area contributed by atoms with Gasteiger partial charge in [-0.05, 0) is 31.2 Å². The van der Waals surface area contributed by atoms with E-state index < -0.39 is 5.25 Å². The molecule has 2 heterocycles. The van der Waals surface area contributed by atoms with Crippen LogP contribution in [0.25, 0.3) is 10.2 Å². The molecule has 1 fully saturated rings. The van der Waals surface area contributed by atoms with Gasteiger partial charge in [0.25, 0.3) is 0 Å². The van der Waals surface area contributed by atoms with E-state index in [1.807, 2.05) is 55.5 Å². The van der Waals surface area contributed by atoms with E-state index in [9.17, 15) is 9.59 Å². The number of carbonyl (C=O) groups is 2. The highest BCUT2D eigenvalue weighted by molar-refractivity contribution is 8.15. The second-order valence-electron chi connectivity index (χ2n) is 6.48. The minimum atomic E-state index is -0.483. The van der Waals surface area contributed by atoms with Crippen LogP contribution in [-0.2, 0) is 9.59 Å². The molecule has 8 heteroatoms.